The molecule has 2 heterocycles. The number of likely N-dealkylation sites (N-methyl/N-ethyl adjacent to an activating group) is 1. The second-order valence-electron chi connectivity index (χ2n) is 7.85. The van der Waals surface area contributed by atoms with Gasteiger partial charge < -0.3 is 15.0 Å². The van der Waals surface area contributed by atoms with E-state index in [1.807, 2.05) is 31.0 Å². The lowest BCUT2D eigenvalue weighted by atomic mass is 10.0. The largest absolute Gasteiger partial charge is 0.378 e. The minimum absolute atomic E-state index is 0.0231. The SMILES string of the molecule is CN(CC(=O)N[C@@]1(C)CCS(=O)(=O)C1)Cc1ccccc1N1CCOCC1. The molecule has 2 saturated heterocycles. The molecular formula is C19H29N3O4S. The predicted molar refractivity (Wildman–Crippen MR) is 106 cm³/mol. The molecule has 1 atom stereocenters. The van der Waals surface area contributed by atoms with Crippen LogP contribution in [0.4, 0.5) is 5.69 Å². The Balaban J connectivity index is 1.58. The van der Waals surface area contributed by atoms with Gasteiger partial charge in [-0.15, -0.1) is 0 Å². The second kappa shape index (κ2) is 8.16. The number of para-hydroxylation sites is 1. The maximum Gasteiger partial charge on any atom is 0.234 e. The minimum Gasteiger partial charge on any atom is -0.378 e. The molecule has 3 rings (SSSR count). The Bertz CT molecular complexity index is 777. The monoisotopic (exact) mass is 395 g/mol. The van der Waals surface area contributed by atoms with E-state index in [1.165, 1.54) is 11.3 Å². The summed E-state index contributed by atoms with van der Waals surface area (Å²) in [5, 5.41) is 2.92. The molecule has 2 aliphatic rings. The lowest BCUT2D eigenvalue weighted by Crippen LogP contribution is -2.49. The Morgan fingerprint density at radius 1 is 1.30 bits per heavy atom. The van der Waals surface area contributed by atoms with Crippen LogP contribution in [0.2, 0.25) is 0 Å². The first kappa shape index (κ1) is 20.1. The summed E-state index contributed by atoms with van der Waals surface area (Å²) in [6, 6.07) is 8.24. The van der Waals surface area contributed by atoms with E-state index in [-0.39, 0.29) is 24.0 Å². The number of benzene rings is 1. The molecule has 0 spiro atoms. The van der Waals surface area contributed by atoms with E-state index in [1.54, 1.807) is 0 Å². The summed E-state index contributed by atoms with van der Waals surface area (Å²) < 4.78 is 28.8. The van der Waals surface area contributed by atoms with Gasteiger partial charge in [0.25, 0.3) is 0 Å². The molecule has 1 aromatic carbocycles. The highest BCUT2D eigenvalue weighted by atomic mass is 32.2. The number of carbonyl (C=O) groups is 1. The number of rotatable bonds is 6. The van der Waals surface area contributed by atoms with Gasteiger partial charge in [0, 0.05) is 25.3 Å². The highest BCUT2D eigenvalue weighted by Crippen LogP contribution is 2.24. The minimum atomic E-state index is -3.04. The number of morpholine rings is 1. The number of carbonyl (C=O) groups excluding carboxylic acids is 1. The van der Waals surface area contributed by atoms with Crippen molar-refractivity contribution in [1.29, 1.82) is 0 Å². The standard InChI is InChI=1S/C19H29N3O4S/c1-19(7-12-27(24,25)15-19)20-18(23)14-21(2)13-16-5-3-4-6-17(16)22-8-10-26-11-9-22/h3-6H,7-15H2,1-2H3,(H,20,23)/t19-/m0/s1. The molecule has 7 nitrogen and oxygen atoms in total. The van der Waals surface area contributed by atoms with Crippen LogP contribution < -0.4 is 10.2 Å². The van der Waals surface area contributed by atoms with Crippen LogP contribution in [0.5, 0.6) is 0 Å². The van der Waals surface area contributed by atoms with Crippen LogP contribution in [-0.2, 0) is 25.9 Å². The molecule has 0 radical (unpaired) electrons. The van der Waals surface area contributed by atoms with Gasteiger partial charge in [0.15, 0.2) is 9.84 Å². The predicted octanol–water partition coefficient (Wildman–Crippen LogP) is 0.648. The van der Waals surface area contributed by atoms with Crippen molar-refractivity contribution in [2.24, 2.45) is 0 Å². The first-order chi connectivity index (χ1) is 12.8. The lowest BCUT2D eigenvalue weighted by molar-refractivity contribution is -0.123. The van der Waals surface area contributed by atoms with E-state index in [9.17, 15) is 13.2 Å². The summed E-state index contributed by atoms with van der Waals surface area (Å²) in [7, 11) is -1.13. The Labute approximate surface area is 161 Å². The van der Waals surface area contributed by atoms with Crippen molar-refractivity contribution in [2.75, 3.05) is 56.3 Å². The van der Waals surface area contributed by atoms with E-state index in [4.69, 9.17) is 4.74 Å². The average Bonchev–Trinajstić information content (AvgIpc) is 2.88. The molecule has 1 N–H and O–H groups in total. The van der Waals surface area contributed by atoms with Crippen LogP contribution in [0.25, 0.3) is 0 Å². The average molecular weight is 396 g/mol. The molecule has 0 unspecified atom stereocenters. The number of sulfone groups is 1. The highest BCUT2D eigenvalue weighted by Gasteiger charge is 2.39. The van der Waals surface area contributed by atoms with Crippen LogP contribution >= 0.6 is 0 Å². The smallest absolute Gasteiger partial charge is 0.234 e. The molecule has 2 aliphatic heterocycles. The van der Waals surface area contributed by atoms with Crippen LogP contribution in [0.15, 0.2) is 24.3 Å². The molecule has 1 amide bonds. The summed E-state index contributed by atoms with van der Waals surface area (Å²) in [4.78, 5) is 16.7. The summed E-state index contributed by atoms with van der Waals surface area (Å²) in [6.45, 7) is 5.89. The van der Waals surface area contributed by atoms with E-state index in [0.717, 1.165) is 26.3 Å². The number of nitrogens with zero attached hydrogens (tertiary/aromatic N) is 2. The van der Waals surface area contributed by atoms with E-state index in [0.29, 0.717) is 13.0 Å². The number of anilines is 1. The van der Waals surface area contributed by atoms with Gasteiger partial charge in [-0.2, -0.15) is 0 Å². The van der Waals surface area contributed by atoms with E-state index >= 15 is 0 Å². The van der Waals surface area contributed by atoms with Gasteiger partial charge in [0.1, 0.15) is 0 Å². The Morgan fingerprint density at radius 2 is 2.00 bits per heavy atom. The zero-order valence-corrected chi connectivity index (χ0v) is 16.9. The van der Waals surface area contributed by atoms with Crippen molar-refractivity contribution >= 4 is 21.4 Å². The third-order valence-electron chi connectivity index (χ3n) is 5.14. The first-order valence-electron chi connectivity index (χ1n) is 9.37. The maximum absolute atomic E-state index is 12.4. The van der Waals surface area contributed by atoms with Gasteiger partial charge in [0.05, 0.1) is 36.8 Å². The fourth-order valence-electron chi connectivity index (χ4n) is 3.83. The molecular weight excluding hydrogens is 366 g/mol. The number of hydrogen-bond donors (Lipinski definition) is 1. The molecule has 2 fully saturated rings. The Morgan fingerprint density at radius 3 is 2.67 bits per heavy atom. The van der Waals surface area contributed by atoms with Gasteiger partial charge in [-0.3, -0.25) is 9.69 Å². The van der Waals surface area contributed by atoms with Crippen molar-refractivity contribution < 1.29 is 17.9 Å². The topological polar surface area (TPSA) is 79.0 Å². The summed E-state index contributed by atoms with van der Waals surface area (Å²) in [5.74, 6) is 0.0305. The van der Waals surface area contributed by atoms with Crippen molar-refractivity contribution in [2.45, 2.75) is 25.4 Å². The second-order valence-corrected chi connectivity index (χ2v) is 10.0. The van der Waals surface area contributed by atoms with Gasteiger partial charge in [-0.05, 0) is 32.0 Å². The molecule has 0 bridgehead atoms. The van der Waals surface area contributed by atoms with Crippen LogP contribution in [0.3, 0.4) is 0 Å². The molecule has 150 valence electrons. The molecule has 27 heavy (non-hydrogen) atoms. The number of amides is 1. The summed E-state index contributed by atoms with van der Waals surface area (Å²) in [5.41, 5.74) is 1.70. The van der Waals surface area contributed by atoms with Crippen LogP contribution in [0.1, 0.15) is 18.9 Å². The quantitative estimate of drug-likeness (QED) is 0.762. The summed E-state index contributed by atoms with van der Waals surface area (Å²) >= 11 is 0. The lowest BCUT2D eigenvalue weighted by Gasteiger charge is -2.31. The zero-order chi connectivity index (χ0) is 19.5. The third kappa shape index (κ3) is 5.43. The Hall–Kier alpha value is -1.64. The van der Waals surface area contributed by atoms with Crippen molar-refractivity contribution in [3.8, 4) is 0 Å². The van der Waals surface area contributed by atoms with Crippen LogP contribution in [0, 0.1) is 0 Å². The summed E-state index contributed by atoms with van der Waals surface area (Å²) in [6.07, 6.45) is 0.477. The van der Waals surface area contributed by atoms with Crippen LogP contribution in [-0.4, -0.2) is 76.2 Å². The van der Waals surface area contributed by atoms with E-state index < -0.39 is 15.4 Å². The fourth-order valence-corrected chi connectivity index (χ4v) is 5.93. The van der Waals surface area contributed by atoms with Gasteiger partial charge >= 0.3 is 0 Å². The van der Waals surface area contributed by atoms with Gasteiger partial charge in [0.2, 0.25) is 5.91 Å². The molecule has 1 aromatic rings. The third-order valence-corrected chi connectivity index (χ3v) is 7.04. The molecule has 8 heteroatoms. The zero-order valence-electron chi connectivity index (χ0n) is 16.1. The molecule has 0 saturated carbocycles. The van der Waals surface area contributed by atoms with Crippen molar-refractivity contribution in [3.05, 3.63) is 29.8 Å². The van der Waals surface area contributed by atoms with E-state index in [2.05, 4.69) is 22.3 Å². The number of ether oxygens (including phenoxy) is 1. The number of hydrogen-bond acceptors (Lipinski definition) is 6. The maximum atomic E-state index is 12.4. The highest BCUT2D eigenvalue weighted by molar-refractivity contribution is 7.91. The van der Waals surface area contributed by atoms with Gasteiger partial charge in [-0.1, -0.05) is 18.2 Å². The molecule has 0 aliphatic carbocycles. The van der Waals surface area contributed by atoms with Crippen molar-refractivity contribution in [1.82, 2.24) is 10.2 Å². The molecule has 0 aromatic heterocycles. The first-order valence-corrected chi connectivity index (χ1v) is 11.2. The van der Waals surface area contributed by atoms with Gasteiger partial charge in [-0.25, -0.2) is 8.42 Å². The number of nitrogens with one attached hydrogen (secondary N) is 1. The fraction of sp³-hybridized carbons (Fsp3) is 0.632. The normalized spacial score (nSPS) is 24.9. The van der Waals surface area contributed by atoms with Crippen molar-refractivity contribution in [3.63, 3.8) is 0 Å². The Kier molecular flexibility index (Phi) is 6.08.